The van der Waals surface area contributed by atoms with Gasteiger partial charge in [0.15, 0.2) is 5.76 Å². The van der Waals surface area contributed by atoms with Crippen LogP contribution < -0.4 is 10.6 Å². The Balaban J connectivity index is 1.32. The molecule has 0 bridgehead atoms. The summed E-state index contributed by atoms with van der Waals surface area (Å²) in [6, 6.07) is 12.3. The Morgan fingerprint density at radius 1 is 0.964 bits per heavy atom. The maximum atomic E-state index is 12.2. The van der Waals surface area contributed by atoms with Crippen molar-refractivity contribution in [3.63, 3.8) is 0 Å². The van der Waals surface area contributed by atoms with Crippen LogP contribution >= 0.6 is 0 Å². The molecule has 0 spiro atoms. The zero-order valence-electron chi connectivity index (χ0n) is 15.6. The van der Waals surface area contributed by atoms with E-state index in [0.717, 1.165) is 5.56 Å². The molecule has 1 aromatic heterocycles. The van der Waals surface area contributed by atoms with Gasteiger partial charge in [-0.25, -0.2) is 4.79 Å². The standard InChI is InChI=1S/C20H24N4O4/c25-18(22-20(27)21-15-16-5-2-1-3-6-16)8-9-23-10-12-24(13-11-23)19(26)17-7-4-14-28-17/h1-7,14H,8-13,15H2,(H2,21,22,25,27). The molecule has 2 aromatic rings. The van der Waals surface area contributed by atoms with Gasteiger partial charge in [0.1, 0.15) is 0 Å². The molecule has 2 heterocycles. The number of nitrogens with one attached hydrogen (secondary N) is 2. The molecule has 8 heteroatoms. The first-order chi connectivity index (χ1) is 13.6. The number of hydrogen-bond donors (Lipinski definition) is 2. The van der Waals surface area contributed by atoms with Crippen LogP contribution in [0.25, 0.3) is 0 Å². The maximum absolute atomic E-state index is 12.2. The van der Waals surface area contributed by atoms with Crippen molar-refractivity contribution in [2.45, 2.75) is 13.0 Å². The van der Waals surface area contributed by atoms with E-state index >= 15 is 0 Å². The van der Waals surface area contributed by atoms with Crippen LogP contribution in [0.5, 0.6) is 0 Å². The third-order valence-corrected chi connectivity index (χ3v) is 4.60. The minimum absolute atomic E-state index is 0.113. The second kappa shape index (κ2) is 9.70. The van der Waals surface area contributed by atoms with Crippen molar-refractivity contribution in [1.82, 2.24) is 20.4 Å². The second-order valence-electron chi connectivity index (χ2n) is 6.58. The highest BCUT2D eigenvalue weighted by atomic mass is 16.3. The number of amides is 4. The lowest BCUT2D eigenvalue weighted by molar-refractivity contribution is -0.120. The van der Waals surface area contributed by atoms with Crippen LogP contribution in [0.1, 0.15) is 22.5 Å². The third kappa shape index (κ3) is 5.68. The smallest absolute Gasteiger partial charge is 0.321 e. The van der Waals surface area contributed by atoms with Crippen molar-refractivity contribution in [2.75, 3.05) is 32.7 Å². The summed E-state index contributed by atoms with van der Waals surface area (Å²) in [5.41, 5.74) is 0.965. The molecule has 0 radical (unpaired) electrons. The Bertz CT molecular complexity index is 784. The fourth-order valence-corrected chi connectivity index (χ4v) is 3.00. The predicted molar refractivity (Wildman–Crippen MR) is 102 cm³/mol. The maximum Gasteiger partial charge on any atom is 0.321 e. The lowest BCUT2D eigenvalue weighted by atomic mass is 10.2. The highest BCUT2D eigenvalue weighted by Gasteiger charge is 2.23. The summed E-state index contributed by atoms with van der Waals surface area (Å²) in [5.74, 6) is -0.0912. The summed E-state index contributed by atoms with van der Waals surface area (Å²) >= 11 is 0. The average molecular weight is 384 g/mol. The number of nitrogens with zero attached hydrogens (tertiary/aromatic N) is 2. The van der Waals surface area contributed by atoms with Gasteiger partial charge in [-0.15, -0.1) is 0 Å². The number of piperazine rings is 1. The third-order valence-electron chi connectivity index (χ3n) is 4.60. The molecule has 1 saturated heterocycles. The molecule has 4 amide bonds. The number of hydrogen-bond acceptors (Lipinski definition) is 5. The minimum atomic E-state index is -0.497. The molecule has 0 atom stereocenters. The minimum Gasteiger partial charge on any atom is -0.459 e. The first-order valence-corrected chi connectivity index (χ1v) is 9.28. The number of rotatable bonds is 6. The number of carbonyl (C=O) groups excluding carboxylic acids is 3. The number of imide groups is 1. The van der Waals surface area contributed by atoms with Gasteiger partial charge in [-0.2, -0.15) is 0 Å². The molecule has 28 heavy (non-hydrogen) atoms. The monoisotopic (exact) mass is 384 g/mol. The quantitative estimate of drug-likeness (QED) is 0.786. The zero-order chi connectivity index (χ0) is 19.8. The zero-order valence-corrected chi connectivity index (χ0v) is 15.6. The molecule has 8 nitrogen and oxygen atoms in total. The summed E-state index contributed by atoms with van der Waals surface area (Å²) in [7, 11) is 0. The van der Waals surface area contributed by atoms with E-state index in [-0.39, 0.29) is 18.2 Å². The van der Waals surface area contributed by atoms with E-state index in [2.05, 4.69) is 15.5 Å². The van der Waals surface area contributed by atoms with Crippen LogP contribution in [0.4, 0.5) is 4.79 Å². The van der Waals surface area contributed by atoms with E-state index in [4.69, 9.17) is 4.42 Å². The molecule has 3 rings (SSSR count). The van der Waals surface area contributed by atoms with Gasteiger partial charge in [-0.1, -0.05) is 30.3 Å². The molecule has 0 unspecified atom stereocenters. The van der Waals surface area contributed by atoms with Gasteiger partial charge in [0, 0.05) is 45.7 Å². The lowest BCUT2D eigenvalue weighted by Crippen LogP contribution is -2.49. The predicted octanol–water partition coefficient (Wildman–Crippen LogP) is 1.45. The van der Waals surface area contributed by atoms with Gasteiger partial charge in [0.2, 0.25) is 5.91 Å². The average Bonchev–Trinajstić information content (AvgIpc) is 3.26. The van der Waals surface area contributed by atoms with Crippen LogP contribution in [0.2, 0.25) is 0 Å². The fourth-order valence-electron chi connectivity index (χ4n) is 3.00. The van der Waals surface area contributed by atoms with Crippen molar-refractivity contribution in [3.8, 4) is 0 Å². The van der Waals surface area contributed by atoms with E-state index in [0.29, 0.717) is 45.0 Å². The number of benzene rings is 1. The molecule has 2 N–H and O–H groups in total. The summed E-state index contributed by atoms with van der Waals surface area (Å²) in [5, 5.41) is 5.00. The second-order valence-corrected chi connectivity index (χ2v) is 6.58. The van der Waals surface area contributed by atoms with Gasteiger partial charge in [-0.05, 0) is 17.7 Å². The molecule has 1 fully saturated rings. The lowest BCUT2D eigenvalue weighted by Gasteiger charge is -2.34. The van der Waals surface area contributed by atoms with Crippen LogP contribution in [-0.4, -0.2) is 60.4 Å². The van der Waals surface area contributed by atoms with Gasteiger partial charge in [0.05, 0.1) is 6.26 Å². The van der Waals surface area contributed by atoms with E-state index in [9.17, 15) is 14.4 Å². The number of urea groups is 1. The SMILES string of the molecule is O=C(CCN1CCN(C(=O)c2ccco2)CC1)NC(=O)NCc1ccccc1. The van der Waals surface area contributed by atoms with Gasteiger partial charge >= 0.3 is 6.03 Å². The van der Waals surface area contributed by atoms with Gasteiger partial charge in [0.25, 0.3) is 5.91 Å². The Kier molecular flexibility index (Phi) is 6.80. The van der Waals surface area contributed by atoms with Gasteiger partial charge < -0.3 is 14.6 Å². The Hall–Kier alpha value is -3.13. The first kappa shape index (κ1) is 19.6. The van der Waals surface area contributed by atoms with Gasteiger partial charge in [-0.3, -0.25) is 19.8 Å². The molecule has 148 valence electrons. The molecule has 1 aromatic carbocycles. The van der Waals surface area contributed by atoms with E-state index in [1.54, 1.807) is 17.0 Å². The highest BCUT2D eigenvalue weighted by Crippen LogP contribution is 2.09. The van der Waals surface area contributed by atoms with E-state index in [1.807, 2.05) is 30.3 Å². The molecule has 0 saturated carbocycles. The number of carbonyl (C=O) groups is 3. The molecule has 0 aliphatic carbocycles. The van der Waals surface area contributed by atoms with Crippen LogP contribution in [0, 0.1) is 0 Å². The molecular formula is C20H24N4O4. The Morgan fingerprint density at radius 3 is 2.39 bits per heavy atom. The van der Waals surface area contributed by atoms with Crippen molar-refractivity contribution >= 4 is 17.8 Å². The van der Waals surface area contributed by atoms with E-state index < -0.39 is 6.03 Å². The summed E-state index contributed by atoms with van der Waals surface area (Å²) < 4.78 is 5.14. The van der Waals surface area contributed by atoms with Crippen molar-refractivity contribution in [1.29, 1.82) is 0 Å². The van der Waals surface area contributed by atoms with Crippen molar-refractivity contribution < 1.29 is 18.8 Å². The van der Waals surface area contributed by atoms with Crippen molar-refractivity contribution in [2.24, 2.45) is 0 Å². The largest absolute Gasteiger partial charge is 0.459 e. The Morgan fingerprint density at radius 2 is 1.71 bits per heavy atom. The summed E-state index contributed by atoms with van der Waals surface area (Å²) in [6.45, 7) is 3.43. The van der Waals surface area contributed by atoms with Crippen LogP contribution in [0.15, 0.2) is 53.1 Å². The molecule has 1 aliphatic heterocycles. The summed E-state index contributed by atoms with van der Waals surface area (Å²) in [6.07, 6.45) is 1.71. The normalized spacial score (nSPS) is 14.5. The Labute approximate surface area is 163 Å². The van der Waals surface area contributed by atoms with Crippen LogP contribution in [-0.2, 0) is 11.3 Å². The van der Waals surface area contributed by atoms with Crippen molar-refractivity contribution in [3.05, 3.63) is 60.1 Å². The number of furan rings is 1. The molecule has 1 aliphatic rings. The summed E-state index contributed by atoms with van der Waals surface area (Å²) in [4.78, 5) is 39.8. The topological polar surface area (TPSA) is 94.9 Å². The fraction of sp³-hybridized carbons (Fsp3) is 0.350. The molecular weight excluding hydrogens is 360 g/mol. The van der Waals surface area contributed by atoms with E-state index in [1.165, 1.54) is 6.26 Å². The first-order valence-electron chi connectivity index (χ1n) is 9.28. The highest BCUT2D eigenvalue weighted by molar-refractivity contribution is 5.94. The van der Waals surface area contributed by atoms with Crippen LogP contribution in [0.3, 0.4) is 0 Å².